The van der Waals surface area contributed by atoms with Gasteiger partial charge in [0.15, 0.2) is 11.5 Å². The summed E-state index contributed by atoms with van der Waals surface area (Å²) in [6, 6.07) is 12.4. The van der Waals surface area contributed by atoms with E-state index in [-0.39, 0.29) is 0 Å². The lowest BCUT2D eigenvalue weighted by molar-refractivity contribution is 0.207. The van der Waals surface area contributed by atoms with Gasteiger partial charge in [-0.2, -0.15) is 5.10 Å². The molecule has 1 fully saturated rings. The first-order chi connectivity index (χ1) is 16.2. The normalized spacial score (nSPS) is 14.5. The smallest absolute Gasteiger partial charge is 0.175 e. The summed E-state index contributed by atoms with van der Waals surface area (Å²) in [4.78, 5) is 0. The van der Waals surface area contributed by atoms with Crippen molar-refractivity contribution in [2.45, 2.75) is 44.9 Å². The largest absolute Gasteiger partial charge is 0.490 e. The maximum absolute atomic E-state index is 6.00. The molecule has 0 atom stereocenters. The molecule has 0 spiro atoms. The summed E-state index contributed by atoms with van der Waals surface area (Å²) < 4.78 is 20.0. The van der Waals surface area contributed by atoms with Gasteiger partial charge in [-0.25, -0.2) is 4.68 Å². The Labute approximate surface area is 202 Å². The van der Waals surface area contributed by atoms with Crippen molar-refractivity contribution in [2.75, 3.05) is 19.8 Å². The van der Waals surface area contributed by atoms with E-state index in [1.807, 2.05) is 19.1 Å². The molecule has 1 aliphatic carbocycles. The van der Waals surface area contributed by atoms with Gasteiger partial charge in [-0.1, -0.05) is 31.4 Å². The molecule has 0 bridgehead atoms. The van der Waals surface area contributed by atoms with Crippen LogP contribution in [0.15, 0.2) is 58.6 Å². The van der Waals surface area contributed by atoms with Gasteiger partial charge in [-0.15, -0.1) is 10.2 Å². The van der Waals surface area contributed by atoms with E-state index < -0.39 is 0 Å². The van der Waals surface area contributed by atoms with E-state index >= 15 is 0 Å². The minimum Gasteiger partial charge on any atom is -0.490 e. The van der Waals surface area contributed by atoms with Gasteiger partial charge in [0.25, 0.3) is 0 Å². The molecule has 1 aliphatic rings. The van der Waals surface area contributed by atoms with Gasteiger partial charge in [-0.3, -0.25) is 0 Å². The zero-order chi connectivity index (χ0) is 22.9. The summed E-state index contributed by atoms with van der Waals surface area (Å²) in [5.74, 6) is 2.86. The van der Waals surface area contributed by atoms with Crippen molar-refractivity contribution in [3.8, 4) is 17.2 Å². The molecule has 33 heavy (non-hydrogen) atoms. The summed E-state index contributed by atoms with van der Waals surface area (Å²) in [6.07, 6.45) is 11.4. The average Bonchev–Trinajstić information content (AvgIpc) is 3.37. The third kappa shape index (κ3) is 6.57. The second kappa shape index (κ2) is 11.8. The highest BCUT2D eigenvalue weighted by atomic mass is 79.9. The van der Waals surface area contributed by atoms with Crippen LogP contribution in [0.4, 0.5) is 0 Å². The molecule has 1 aromatic heterocycles. The second-order valence-electron chi connectivity index (χ2n) is 7.95. The Hall–Kier alpha value is -2.87. The predicted molar refractivity (Wildman–Crippen MR) is 132 cm³/mol. The maximum Gasteiger partial charge on any atom is 0.175 e. The van der Waals surface area contributed by atoms with Gasteiger partial charge in [0.05, 0.1) is 17.3 Å². The molecule has 174 valence electrons. The minimum absolute atomic E-state index is 0.400. The molecule has 3 aromatic rings. The second-order valence-corrected chi connectivity index (χ2v) is 8.80. The van der Waals surface area contributed by atoms with E-state index in [2.05, 4.69) is 55.5 Å². The van der Waals surface area contributed by atoms with E-state index in [0.29, 0.717) is 37.2 Å². The fourth-order valence-corrected chi connectivity index (χ4v) is 4.60. The standard InChI is InChI=1S/C25H29BrN4O3/c1-2-31-24-15-19(16-29-30-17-27-28-18-30)14-23(26)25(24)33-13-12-32-22-10-8-21(9-11-22)20-6-4-3-5-7-20/h8-11,14-18,20H,2-7,12-13H2,1H3. The maximum atomic E-state index is 6.00. The number of benzene rings is 2. The highest BCUT2D eigenvalue weighted by Gasteiger charge is 2.15. The molecule has 0 N–H and O–H groups in total. The Kier molecular flexibility index (Phi) is 8.35. The number of aromatic nitrogens is 3. The average molecular weight is 513 g/mol. The Morgan fingerprint density at radius 1 is 1.00 bits per heavy atom. The van der Waals surface area contributed by atoms with E-state index in [0.717, 1.165) is 15.8 Å². The number of hydrogen-bond acceptors (Lipinski definition) is 6. The van der Waals surface area contributed by atoms with E-state index in [9.17, 15) is 0 Å². The summed E-state index contributed by atoms with van der Waals surface area (Å²) in [7, 11) is 0. The van der Waals surface area contributed by atoms with E-state index in [4.69, 9.17) is 14.2 Å². The third-order valence-electron chi connectivity index (χ3n) is 5.63. The molecule has 1 saturated carbocycles. The molecule has 0 aliphatic heterocycles. The lowest BCUT2D eigenvalue weighted by Gasteiger charge is -2.22. The van der Waals surface area contributed by atoms with Crippen LogP contribution in [0.5, 0.6) is 17.2 Å². The molecular formula is C25H29BrN4O3. The highest BCUT2D eigenvalue weighted by molar-refractivity contribution is 9.10. The molecule has 1 heterocycles. The molecule has 0 unspecified atom stereocenters. The van der Waals surface area contributed by atoms with Crippen LogP contribution in [0.3, 0.4) is 0 Å². The van der Waals surface area contributed by atoms with Crippen LogP contribution < -0.4 is 14.2 Å². The van der Waals surface area contributed by atoms with Gasteiger partial charge in [0.2, 0.25) is 0 Å². The van der Waals surface area contributed by atoms with Crippen LogP contribution in [0, 0.1) is 0 Å². The van der Waals surface area contributed by atoms with Crippen LogP contribution >= 0.6 is 15.9 Å². The highest BCUT2D eigenvalue weighted by Crippen LogP contribution is 2.37. The Balaban J connectivity index is 1.32. The number of nitrogens with zero attached hydrogens (tertiary/aromatic N) is 4. The van der Waals surface area contributed by atoms with Crippen LogP contribution in [0.1, 0.15) is 56.1 Å². The molecule has 4 rings (SSSR count). The summed E-state index contributed by atoms with van der Waals surface area (Å²) >= 11 is 3.59. The monoisotopic (exact) mass is 512 g/mol. The lowest BCUT2D eigenvalue weighted by atomic mass is 9.84. The number of halogens is 1. The van der Waals surface area contributed by atoms with Crippen molar-refractivity contribution >= 4 is 22.1 Å². The van der Waals surface area contributed by atoms with E-state index in [1.54, 1.807) is 6.21 Å². The van der Waals surface area contributed by atoms with Crippen LogP contribution in [0.2, 0.25) is 0 Å². The quantitative estimate of drug-likeness (QED) is 0.252. The first kappa shape index (κ1) is 23.3. The molecule has 7 nitrogen and oxygen atoms in total. The summed E-state index contributed by atoms with van der Waals surface area (Å²) in [6.45, 7) is 3.31. The zero-order valence-corrected chi connectivity index (χ0v) is 20.4. The van der Waals surface area contributed by atoms with Crippen molar-refractivity contribution in [3.05, 3.63) is 64.7 Å². The SMILES string of the molecule is CCOc1cc(C=Nn2cnnc2)cc(Br)c1OCCOc1ccc(C2CCCCC2)cc1. The van der Waals surface area contributed by atoms with Gasteiger partial charge >= 0.3 is 0 Å². The summed E-state index contributed by atoms with van der Waals surface area (Å²) in [5.41, 5.74) is 2.29. The van der Waals surface area contributed by atoms with Crippen molar-refractivity contribution in [2.24, 2.45) is 5.10 Å². The van der Waals surface area contributed by atoms with Gasteiger partial charge in [-0.05, 0) is 77.0 Å². The van der Waals surface area contributed by atoms with Gasteiger partial charge < -0.3 is 14.2 Å². The van der Waals surface area contributed by atoms with Crippen LogP contribution in [0.25, 0.3) is 0 Å². The van der Waals surface area contributed by atoms with Crippen LogP contribution in [-0.2, 0) is 0 Å². The van der Waals surface area contributed by atoms with Crippen molar-refractivity contribution in [1.82, 2.24) is 14.9 Å². The van der Waals surface area contributed by atoms with Gasteiger partial charge in [0, 0.05) is 0 Å². The fourth-order valence-electron chi connectivity index (χ4n) is 4.03. The van der Waals surface area contributed by atoms with Crippen molar-refractivity contribution in [3.63, 3.8) is 0 Å². The third-order valence-corrected chi connectivity index (χ3v) is 6.22. The Morgan fingerprint density at radius 3 is 2.45 bits per heavy atom. The Morgan fingerprint density at radius 2 is 1.73 bits per heavy atom. The van der Waals surface area contributed by atoms with E-state index in [1.165, 1.54) is 55.0 Å². The predicted octanol–water partition coefficient (Wildman–Crippen LogP) is 5.83. The van der Waals surface area contributed by atoms with Gasteiger partial charge in [0.1, 0.15) is 31.6 Å². The Bertz CT molecular complexity index is 1030. The topological polar surface area (TPSA) is 70.8 Å². The molecule has 0 saturated heterocycles. The molecule has 8 heteroatoms. The van der Waals surface area contributed by atoms with Crippen molar-refractivity contribution < 1.29 is 14.2 Å². The molecular weight excluding hydrogens is 484 g/mol. The van der Waals surface area contributed by atoms with Crippen LogP contribution in [-0.4, -0.2) is 40.9 Å². The fraction of sp³-hybridized carbons (Fsp3) is 0.400. The number of hydrogen-bond donors (Lipinski definition) is 0. The summed E-state index contributed by atoms with van der Waals surface area (Å²) in [5, 5.41) is 11.8. The minimum atomic E-state index is 0.400. The number of ether oxygens (including phenoxy) is 3. The number of rotatable bonds is 10. The first-order valence-electron chi connectivity index (χ1n) is 11.4. The lowest BCUT2D eigenvalue weighted by Crippen LogP contribution is -2.10. The molecule has 2 aromatic carbocycles. The first-order valence-corrected chi connectivity index (χ1v) is 12.2. The molecule has 0 amide bonds. The zero-order valence-electron chi connectivity index (χ0n) is 18.8. The van der Waals surface area contributed by atoms with Crippen molar-refractivity contribution in [1.29, 1.82) is 0 Å². The molecule has 0 radical (unpaired) electrons.